The van der Waals surface area contributed by atoms with Crippen LogP contribution >= 0.6 is 0 Å². The zero-order valence-electron chi connectivity index (χ0n) is 10.4. The number of aryl methyl sites for hydroxylation is 1. The van der Waals surface area contributed by atoms with Crippen molar-refractivity contribution in [3.63, 3.8) is 0 Å². The normalized spacial score (nSPS) is 24.6. The summed E-state index contributed by atoms with van der Waals surface area (Å²) in [7, 11) is 1.90. The fourth-order valence-corrected chi connectivity index (χ4v) is 2.32. The lowest BCUT2D eigenvalue weighted by molar-refractivity contribution is 0.0860. The van der Waals surface area contributed by atoms with Crippen molar-refractivity contribution >= 4 is 5.91 Å². The summed E-state index contributed by atoms with van der Waals surface area (Å²) in [5, 5.41) is 12.4. The predicted octanol–water partition coefficient (Wildman–Crippen LogP) is 1.37. The number of hydrogen-bond acceptors (Lipinski definition) is 2. The molecular weight excluding hydrogens is 216 g/mol. The fraction of sp³-hybridized carbons (Fsp3) is 0.615. The van der Waals surface area contributed by atoms with Gasteiger partial charge in [-0.05, 0) is 44.7 Å². The summed E-state index contributed by atoms with van der Waals surface area (Å²) in [6, 6.07) is 4.00. The molecule has 4 nitrogen and oxygen atoms in total. The molecule has 0 atom stereocenters. The Kier molecular flexibility index (Phi) is 3.52. The van der Waals surface area contributed by atoms with Gasteiger partial charge in [0.1, 0.15) is 5.69 Å². The highest BCUT2D eigenvalue weighted by atomic mass is 16.3. The number of aliphatic hydroxyl groups is 1. The first-order valence-electron chi connectivity index (χ1n) is 6.19. The van der Waals surface area contributed by atoms with E-state index in [0.717, 1.165) is 31.4 Å². The van der Waals surface area contributed by atoms with E-state index in [1.807, 2.05) is 30.7 Å². The summed E-state index contributed by atoms with van der Waals surface area (Å²) in [6.07, 6.45) is 3.14. The molecule has 4 heteroatoms. The van der Waals surface area contributed by atoms with E-state index in [1.165, 1.54) is 0 Å². The SMILES string of the molecule is Cc1ccc(C(=O)NC2CCC(O)CC2)n1C. The Morgan fingerprint density at radius 2 is 2.00 bits per heavy atom. The zero-order valence-corrected chi connectivity index (χ0v) is 10.4. The first-order valence-corrected chi connectivity index (χ1v) is 6.19. The molecule has 1 aromatic rings. The number of carbonyl (C=O) groups is 1. The van der Waals surface area contributed by atoms with Crippen LogP contribution in [0.1, 0.15) is 41.9 Å². The maximum absolute atomic E-state index is 12.0. The van der Waals surface area contributed by atoms with Crippen LogP contribution in [0.15, 0.2) is 12.1 Å². The molecule has 1 heterocycles. The van der Waals surface area contributed by atoms with E-state index in [2.05, 4.69) is 5.32 Å². The molecule has 0 unspecified atom stereocenters. The van der Waals surface area contributed by atoms with Crippen LogP contribution in [-0.4, -0.2) is 27.7 Å². The molecule has 0 spiro atoms. The van der Waals surface area contributed by atoms with Crippen LogP contribution in [0.4, 0.5) is 0 Å². The third-order valence-corrected chi connectivity index (χ3v) is 3.64. The minimum Gasteiger partial charge on any atom is -0.393 e. The molecule has 2 rings (SSSR count). The summed E-state index contributed by atoms with van der Waals surface area (Å²) in [5.74, 6) is -0.0120. The van der Waals surface area contributed by atoms with Crippen LogP contribution in [0.2, 0.25) is 0 Å². The summed E-state index contributed by atoms with van der Waals surface area (Å²) in [6.45, 7) is 1.98. The molecule has 0 saturated heterocycles. The van der Waals surface area contributed by atoms with E-state index < -0.39 is 0 Å². The minimum atomic E-state index is -0.180. The van der Waals surface area contributed by atoms with Crippen molar-refractivity contribution in [3.8, 4) is 0 Å². The smallest absolute Gasteiger partial charge is 0.268 e. The summed E-state index contributed by atoms with van der Waals surface area (Å²) in [4.78, 5) is 12.0. The number of hydrogen-bond donors (Lipinski definition) is 2. The summed E-state index contributed by atoms with van der Waals surface area (Å²) < 4.78 is 1.90. The van der Waals surface area contributed by atoms with Crippen molar-refractivity contribution in [2.75, 3.05) is 0 Å². The van der Waals surface area contributed by atoms with E-state index in [-0.39, 0.29) is 18.1 Å². The van der Waals surface area contributed by atoms with Crippen molar-refractivity contribution in [1.82, 2.24) is 9.88 Å². The van der Waals surface area contributed by atoms with Crippen molar-refractivity contribution in [3.05, 3.63) is 23.5 Å². The van der Waals surface area contributed by atoms with Gasteiger partial charge in [0.25, 0.3) is 5.91 Å². The van der Waals surface area contributed by atoms with Gasteiger partial charge in [-0.1, -0.05) is 0 Å². The Hall–Kier alpha value is -1.29. The van der Waals surface area contributed by atoms with Crippen molar-refractivity contribution in [2.45, 2.75) is 44.8 Å². The molecule has 1 aliphatic carbocycles. The van der Waals surface area contributed by atoms with Crippen molar-refractivity contribution < 1.29 is 9.90 Å². The molecule has 0 bridgehead atoms. The average molecular weight is 236 g/mol. The topological polar surface area (TPSA) is 54.3 Å². The molecule has 0 radical (unpaired) electrons. The number of nitrogens with one attached hydrogen (secondary N) is 1. The second kappa shape index (κ2) is 4.92. The summed E-state index contributed by atoms with van der Waals surface area (Å²) >= 11 is 0. The van der Waals surface area contributed by atoms with E-state index in [1.54, 1.807) is 0 Å². The second-order valence-electron chi connectivity index (χ2n) is 4.90. The van der Waals surface area contributed by atoms with Crippen LogP contribution in [-0.2, 0) is 7.05 Å². The van der Waals surface area contributed by atoms with Gasteiger partial charge in [0.05, 0.1) is 6.10 Å². The molecule has 17 heavy (non-hydrogen) atoms. The van der Waals surface area contributed by atoms with Gasteiger partial charge in [0, 0.05) is 18.8 Å². The van der Waals surface area contributed by atoms with Crippen LogP contribution in [0, 0.1) is 6.92 Å². The third kappa shape index (κ3) is 2.69. The van der Waals surface area contributed by atoms with E-state index in [4.69, 9.17) is 0 Å². The van der Waals surface area contributed by atoms with E-state index in [9.17, 15) is 9.90 Å². The second-order valence-corrected chi connectivity index (χ2v) is 4.90. The first kappa shape index (κ1) is 12.2. The number of carbonyl (C=O) groups excluding carboxylic acids is 1. The number of nitrogens with zero attached hydrogens (tertiary/aromatic N) is 1. The van der Waals surface area contributed by atoms with E-state index >= 15 is 0 Å². The largest absolute Gasteiger partial charge is 0.393 e. The van der Waals surface area contributed by atoms with Crippen LogP contribution in [0.3, 0.4) is 0 Å². The Morgan fingerprint density at radius 3 is 2.53 bits per heavy atom. The molecular formula is C13H20N2O2. The molecule has 1 fully saturated rings. The number of amides is 1. The highest BCUT2D eigenvalue weighted by Crippen LogP contribution is 2.18. The van der Waals surface area contributed by atoms with E-state index in [0.29, 0.717) is 5.69 Å². The monoisotopic (exact) mass is 236 g/mol. The molecule has 1 aromatic heterocycles. The average Bonchev–Trinajstić information content (AvgIpc) is 2.63. The lowest BCUT2D eigenvalue weighted by Crippen LogP contribution is -2.39. The molecule has 1 aliphatic rings. The van der Waals surface area contributed by atoms with Crippen LogP contribution in [0.5, 0.6) is 0 Å². The maximum Gasteiger partial charge on any atom is 0.268 e. The number of aromatic nitrogens is 1. The highest BCUT2D eigenvalue weighted by Gasteiger charge is 2.22. The Balaban J connectivity index is 1.95. The van der Waals surface area contributed by atoms with Gasteiger partial charge in [0.2, 0.25) is 0 Å². The quantitative estimate of drug-likeness (QED) is 0.814. The van der Waals surface area contributed by atoms with Crippen LogP contribution in [0.25, 0.3) is 0 Å². The molecule has 94 valence electrons. The van der Waals surface area contributed by atoms with Crippen molar-refractivity contribution in [2.24, 2.45) is 7.05 Å². The Labute approximate surface area is 102 Å². The lowest BCUT2D eigenvalue weighted by Gasteiger charge is -2.26. The standard InChI is InChI=1S/C13H20N2O2/c1-9-3-8-12(15(9)2)13(17)14-10-4-6-11(16)7-5-10/h3,8,10-11,16H,4-7H2,1-2H3,(H,14,17). The molecule has 0 aromatic carbocycles. The summed E-state index contributed by atoms with van der Waals surface area (Å²) in [5.41, 5.74) is 1.78. The predicted molar refractivity (Wildman–Crippen MR) is 65.9 cm³/mol. The Bertz CT molecular complexity index is 404. The van der Waals surface area contributed by atoms with Gasteiger partial charge in [0.15, 0.2) is 0 Å². The third-order valence-electron chi connectivity index (χ3n) is 3.64. The highest BCUT2D eigenvalue weighted by molar-refractivity contribution is 5.93. The van der Waals surface area contributed by atoms with Crippen molar-refractivity contribution in [1.29, 1.82) is 0 Å². The van der Waals surface area contributed by atoms with Gasteiger partial charge in [-0.2, -0.15) is 0 Å². The molecule has 1 amide bonds. The fourth-order valence-electron chi connectivity index (χ4n) is 2.32. The number of aliphatic hydroxyl groups excluding tert-OH is 1. The zero-order chi connectivity index (χ0) is 12.4. The molecule has 0 aliphatic heterocycles. The maximum atomic E-state index is 12.0. The van der Waals surface area contributed by atoms with Gasteiger partial charge >= 0.3 is 0 Å². The molecule has 1 saturated carbocycles. The van der Waals surface area contributed by atoms with Gasteiger partial charge in [-0.25, -0.2) is 0 Å². The lowest BCUT2D eigenvalue weighted by atomic mass is 9.93. The van der Waals surface area contributed by atoms with Gasteiger partial charge in [-0.15, -0.1) is 0 Å². The van der Waals surface area contributed by atoms with Gasteiger partial charge in [-0.3, -0.25) is 4.79 Å². The number of rotatable bonds is 2. The minimum absolute atomic E-state index is 0.0120. The van der Waals surface area contributed by atoms with Gasteiger partial charge < -0.3 is 15.0 Å². The Morgan fingerprint density at radius 1 is 1.35 bits per heavy atom. The van der Waals surface area contributed by atoms with Crippen LogP contribution < -0.4 is 5.32 Å². The first-order chi connectivity index (χ1) is 8.08. The molecule has 2 N–H and O–H groups in total.